The van der Waals surface area contributed by atoms with Crippen LogP contribution in [0.25, 0.3) is 0 Å². The fourth-order valence-corrected chi connectivity index (χ4v) is 6.10. The first-order valence-electron chi connectivity index (χ1n) is 15.6. The van der Waals surface area contributed by atoms with Crippen molar-refractivity contribution in [1.82, 2.24) is 5.32 Å². The van der Waals surface area contributed by atoms with Crippen LogP contribution >= 0.6 is 11.6 Å². The molecule has 1 amide bonds. The number of methoxy groups -OCH3 is 1. The molecule has 2 heterocycles. The third kappa shape index (κ3) is 7.28. The van der Waals surface area contributed by atoms with E-state index in [0.717, 1.165) is 11.1 Å². The average molecular weight is 690 g/mol. The van der Waals surface area contributed by atoms with Gasteiger partial charge in [0.2, 0.25) is 0 Å². The van der Waals surface area contributed by atoms with Gasteiger partial charge in [-0.2, -0.15) is 0 Å². The predicted molar refractivity (Wildman–Crippen MR) is 181 cm³/mol. The van der Waals surface area contributed by atoms with Crippen molar-refractivity contribution in [2.45, 2.75) is 45.1 Å². The molecule has 0 saturated heterocycles. The minimum Gasteiger partial charge on any atom is -0.493 e. The van der Waals surface area contributed by atoms with Crippen LogP contribution in [-0.2, 0) is 31.3 Å². The average Bonchev–Trinajstić information content (AvgIpc) is 3.63. The fraction of sp³-hybridized carbons (Fsp3) is 0.278. The number of amides is 1. The number of carbonyl (C=O) groups excluding carboxylic acids is 1. The number of halogens is 1. The van der Waals surface area contributed by atoms with E-state index in [4.69, 9.17) is 30.6 Å². The van der Waals surface area contributed by atoms with Crippen molar-refractivity contribution in [1.29, 1.82) is 0 Å². The highest BCUT2D eigenvalue weighted by Crippen LogP contribution is 2.37. The summed E-state index contributed by atoms with van der Waals surface area (Å²) in [5.74, 6) is 1.23. The minimum absolute atomic E-state index is 0.170. The Morgan fingerprint density at radius 1 is 0.796 bits per heavy atom. The van der Waals surface area contributed by atoms with Gasteiger partial charge in [0.15, 0.2) is 17.6 Å². The summed E-state index contributed by atoms with van der Waals surface area (Å²) in [5.41, 5.74) is 6.10. The van der Waals surface area contributed by atoms with Crippen LogP contribution in [0, 0.1) is 0 Å². The molecule has 0 spiro atoms. The van der Waals surface area contributed by atoms with Crippen molar-refractivity contribution in [3.8, 4) is 17.2 Å². The highest BCUT2D eigenvalue weighted by molar-refractivity contribution is 6.31. The van der Waals surface area contributed by atoms with Crippen molar-refractivity contribution in [2.24, 2.45) is 5.16 Å². The summed E-state index contributed by atoms with van der Waals surface area (Å²) >= 11 is 6.04. The van der Waals surface area contributed by atoms with E-state index in [-0.39, 0.29) is 45.5 Å². The number of carbonyl (C=O) groups is 1. The van der Waals surface area contributed by atoms with Crippen molar-refractivity contribution in [3.05, 3.63) is 116 Å². The predicted octanol–water partition coefficient (Wildman–Crippen LogP) is 4.50. The molecule has 0 bridgehead atoms. The second kappa shape index (κ2) is 15.1. The van der Waals surface area contributed by atoms with Crippen molar-refractivity contribution < 1.29 is 44.3 Å². The molecule has 6 N–H and O–H groups in total. The van der Waals surface area contributed by atoms with Gasteiger partial charge in [0, 0.05) is 28.3 Å². The number of oxime groups is 1. The summed E-state index contributed by atoms with van der Waals surface area (Å²) in [6.45, 7) is -0.793. The van der Waals surface area contributed by atoms with E-state index in [0.29, 0.717) is 73.5 Å². The normalized spacial score (nSPS) is 16.6. The molecule has 2 atom stereocenters. The number of nitrogens with one attached hydrogen (secondary N) is 2. The molecule has 49 heavy (non-hydrogen) atoms. The molecular weight excluding hydrogens is 654 g/mol. The lowest BCUT2D eigenvalue weighted by molar-refractivity contribution is 0.0854. The molecule has 13 heteroatoms. The summed E-state index contributed by atoms with van der Waals surface area (Å²) in [4.78, 5) is 18.4. The van der Waals surface area contributed by atoms with Crippen LogP contribution in [0.1, 0.15) is 68.0 Å². The zero-order chi connectivity index (χ0) is 34.5. The lowest BCUT2D eigenvalue weighted by atomic mass is 9.94. The Balaban J connectivity index is 1.08. The number of nitrogens with zero attached hydrogens (tertiary/aromatic N) is 1. The second-order valence-corrected chi connectivity index (χ2v) is 11.9. The molecule has 0 radical (unpaired) electrons. The highest BCUT2D eigenvalue weighted by atomic mass is 35.5. The fourth-order valence-electron chi connectivity index (χ4n) is 5.93. The van der Waals surface area contributed by atoms with Crippen molar-refractivity contribution in [3.63, 3.8) is 0 Å². The number of anilines is 1. The number of rotatable bonds is 13. The smallest absolute Gasteiger partial charge is 0.255 e. The number of aliphatic hydroxyl groups is 4. The Bertz CT molecular complexity index is 1860. The molecular formula is C36H36ClN3O9. The Kier molecular flexibility index (Phi) is 10.5. The molecule has 2 unspecified atom stereocenters. The molecule has 0 aliphatic carbocycles. The largest absolute Gasteiger partial charge is 0.493 e. The van der Waals surface area contributed by atoms with E-state index in [1.807, 2.05) is 18.2 Å². The van der Waals surface area contributed by atoms with Gasteiger partial charge in [-0.1, -0.05) is 28.9 Å². The van der Waals surface area contributed by atoms with Gasteiger partial charge >= 0.3 is 0 Å². The van der Waals surface area contributed by atoms with Crippen LogP contribution in [0.2, 0.25) is 5.02 Å². The number of hydrogen-bond donors (Lipinski definition) is 6. The summed E-state index contributed by atoms with van der Waals surface area (Å²) in [6.07, 6.45) is -0.478. The van der Waals surface area contributed by atoms with Gasteiger partial charge in [-0.15, -0.1) is 0 Å². The van der Waals surface area contributed by atoms with E-state index in [1.165, 1.54) is 0 Å². The lowest BCUT2D eigenvalue weighted by Gasteiger charge is -2.28. The first kappa shape index (κ1) is 34.0. The summed E-state index contributed by atoms with van der Waals surface area (Å²) < 4.78 is 17.5. The summed E-state index contributed by atoms with van der Waals surface area (Å²) in [7, 11) is 1.55. The Labute approximate surface area is 287 Å². The van der Waals surface area contributed by atoms with Crippen LogP contribution in [0.3, 0.4) is 0 Å². The van der Waals surface area contributed by atoms with Gasteiger partial charge in [-0.05, 0) is 82.4 Å². The van der Waals surface area contributed by atoms with Gasteiger partial charge in [0.05, 0.1) is 44.8 Å². The third-order valence-corrected chi connectivity index (χ3v) is 8.72. The SMILES string of the molecule is COc1ccc(C2CC(c3cc(CO)c(CO)c(CO)c3)=NO2)cc1OCCOc1ccc(C2NC(=O)c3cc(Cl)ccc3N2)cc1CO. The zero-order valence-electron chi connectivity index (χ0n) is 26.6. The molecule has 4 aromatic rings. The topological polar surface area (TPSA) is 171 Å². The first-order chi connectivity index (χ1) is 23.8. The van der Waals surface area contributed by atoms with E-state index in [9.17, 15) is 25.2 Å². The van der Waals surface area contributed by atoms with Crippen LogP contribution in [0.5, 0.6) is 17.2 Å². The summed E-state index contributed by atoms with van der Waals surface area (Å²) in [6, 6.07) is 19.4. The van der Waals surface area contributed by atoms with E-state index < -0.39 is 12.3 Å². The zero-order valence-corrected chi connectivity index (χ0v) is 27.4. The molecule has 256 valence electrons. The first-order valence-corrected chi connectivity index (χ1v) is 16.0. The quantitative estimate of drug-likeness (QED) is 0.110. The van der Waals surface area contributed by atoms with Crippen LogP contribution in [0.4, 0.5) is 5.69 Å². The van der Waals surface area contributed by atoms with Gasteiger partial charge in [0.25, 0.3) is 5.91 Å². The molecule has 2 aliphatic heterocycles. The maximum atomic E-state index is 12.7. The Morgan fingerprint density at radius 2 is 1.49 bits per heavy atom. The number of benzene rings is 4. The molecule has 0 aromatic heterocycles. The Hall–Kier alpha value is -4.85. The van der Waals surface area contributed by atoms with Crippen LogP contribution in [-0.4, -0.2) is 52.4 Å². The molecule has 12 nitrogen and oxygen atoms in total. The van der Waals surface area contributed by atoms with Crippen LogP contribution in [0.15, 0.2) is 71.9 Å². The van der Waals surface area contributed by atoms with E-state index >= 15 is 0 Å². The molecule has 0 saturated carbocycles. The molecule has 6 rings (SSSR count). The number of hydrogen-bond acceptors (Lipinski definition) is 11. The van der Waals surface area contributed by atoms with Gasteiger partial charge < -0.3 is 50.1 Å². The molecule has 0 fully saturated rings. The highest BCUT2D eigenvalue weighted by Gasteiger charge is 2.27. The van der Waals surface area contributed by atoms with E-state index in [1.54, 1.807) is 55.6 Å². The van der Waals surface area contributed by atoms with Crippen molar-refractivity contribution >= 4 is 28.9 Å². The number of aliphatic hydroxyl groups excluding tert-OH is 4. The maximum Gasteiger partial charge on any atom is 0.255 e. The molecule has 4 aromatic carbocycles. The lowest BCUT2D eigenvalue weighted by Crippen LogP contribution is -2.38. The van der Waals surface area contributed by atoms with Gasteiger partial charge in [0.1, 0.15) is 25.1 Å². The number of fused-ring (bicyclic) bond motifs is 1. The third-order valence-electron chi connectivity index (χ3n) is 8.48. The van der Waals surface area contributed by atoms with E-state index in [2.05, 4.69) is 15.8 Å². The maximum absolute atomic E-state index is 12.7. The standard InChI is InChI=1S/C36H36ClN3O9/c1-46-32-7-2-20(33-15-30(40-49-33)22-11-23(16-41)28(19-44)24(12-22)17-42)13-34(32)48-9-8-47-31-6-3-21(10-25(31)18-43)35-38-29-5-4-26(37)14-27(29)36(45)39-35/h2-7,10-14,33,35,38,41-44H,8-9,15-19H2,1H3,(H,39,45). The summed E-state index contributed by atoms with van der Waals surface area (Å²) in [5, 5.41) is 50.3. The molecule has 2 aliphatic rings. The van der Waals surface area contributed by atoms with Crippen LogP contribution < -0.4 is 24.8 Å². The van der Waals surface area contributed by atoms with Gasteiger partial charge in [-0.25, -0.2) is 0 Å². The monoisotopic (exact) mass is 689 g/mol. The van der Waals surface area contributed by atoms with Crippen molar-refractivity contribution in [2.75, 3.05) is 25.6 Å². The Morgan fingerprint density at radius 3 is 2.18 bits per heavy atom. The second-order valence-electron chi connectivity index (χ2n) is 11.5. The number of ether oxygens (including phenoxy) is 3. The minimum atomic E-state index is -0.503. The van der Waals surface area contributed by atoms with Gasteiger partial charge in [-0.3, -0.25) is 4.79 Å².